The van der Waals surface area contributed by atoms with Crippen LogP contribution in [0.1, 0.15) is 19.3 Å². The van der Waals surface area contributed by atoms with Gasteiger partial charge in [0.15, 0.2) is 9.84 Å². The van der Waals surface area contributed by atoms with Gasteiger partial charge in [0.25, 0.3) is 0 Å². The average Bonchev–Trinajstić information content (AvgIpc) is 2.81. The maximum atomic E-state index is 13.0. The van der Waals surface area contributed by atoms with E-state index in [1.165, 1.54) is 6.07 Å². The molecule has 3 nitrogen and oxygen atoms in total. The number of hydrogen-bond acceptors (Lipinski definition) is 3. The van der Waals surface area contributed by atoms with Gasteiger partial charge in [-0.3, -0.25) is 0 Å². The number of halogens is 2. The summed E-state index contributed by atoms with van der Waals surface area (Å²) in [4.78, 5) is -0.0129. The minimum atomic E-state index is -3.61. The molecule has 0 heterocycles. The fraction of sp³-hybridized carbons (Fsp3) is 0.417. The summed E-state index contributed by atoms with van der Waals surface area (Å²) in [6.07, 6.45) is 1.78. The third kappa shape index (κ3) is 2.23. The summed E-state index contributed by atoms with van der Waals surface area (Å²) in [6, 6.07) is 5.37. The first-order valence-electron chi connectivity index (χ1n) is 5.55. The number of rotatable bonds is 2. The molecule has 0 saturated heterocycles. The van der Waals surface area contributed by atoms with Crippen LogP contribution in [0.3, 0.4) is 0 Å². The van der Waals surface area contributed by atoms with E-state index >= 15 is 0 Å². The molecule has 1 saturated carbocycles. The van der Waals surface area contributed by atoms with Gasteiger partial charge in [-0.15, -0.1) is 0 Å². The van der Waals surface area contributed by atoms with E-state index < -0.39 is 26.8 Å². The lowest BCUT2D eigenvalue weighted by molar-refractivity contribution is 0.565. The van der Waals surface area contributed by atoms with E-state index in [0.29, 0.717) is 12.8 Å². The predicted molar refractivity (Wildman–Crippen MR) is 65.3 cm³/mol. The second-order valence-corrected chi connectivity index (χ2v) is 6.90. The maximum Gasteiger partial charge on any atom is 0.182 e. The van der Waals surface area contributed by atoms with Crippen LogP contribution in [0.25, 0.3) is 0 Å². The molecular weight excluding hydrogens is 277 g/mol. The smallest absolute Gasteiger partial charge is 0.182 e. The molecule has 1 aliphatic rings. The van der Waals surface area contributed by atoms with Crippen LogP contribution in [-0.4, -0.2) is 13.7 Å². The number of benzene rings is 1. The van der Waals surface area contributed by atoms with Crippen LogP contribution in [0.5, 0.6) is 0 Å². The summed E-state index contributed by atoms with van der Waals surface area (Å²) in [5, 5.41) is 8.02. The van der Waals surface area contributed by atoms with E-state index in [4.69, 9.17) is 16.9 Å². The first-order chi connectivity index (χ1) is 8.46. The van der Waals surface area contributed by atoms with Crippen LogP contribution in [0, 0.1) is 23.1 Å². The highest BCUT2D eigenvalue weighted by atomic mass is 35.5. The molecule has 1 aromatic carbocycles. The van der Waals surface area contributed by atoms with Crippen molar-refractivity contribution in [3.63, 3.8) is 0 Å². The normalized spacial score (nSPS) is 23.8. The van der Waals surface area contributed by atoms with Crippen molar-refractivity contribution in [2.24, 2.45) is 5.92 Å². The molecule has 6 heteroatoms. The van der Waals surface area contributed by atoms with Crippen molar-refractivity contribution < 1.29 is 12.8 Å². The fourth-order valence-corrected chi connectivity index (χ4v) is 4.51. The summed E-state index contributed by atoms with van der Waals surface area (Å²) in [5.41, 5.74) is 0. The Bertz CT molecular complexity index is 609. The van der Waals surface area contributed by atoms with E-state index in [1.807, 2.05) is 6.07 Å². The second-order valence-electron chi connectivity index (χ2n) is 4.33. The van der Waals surface area contributed by atoms with E-state index in [9.17, 15) is 12.8 Å². The standard InChI is InChI=1S/C12H11ClFNO2S/c13-10-6-9(4-5-11(10)14)18(16,17)12-3-1-2-8(12)7-15/h4-6,8,12H,1-3H2. The molecule has 1 fully saturated rings. The average molecular weight is 288 g/mol. The van der Waals surface area contributed by atoms with Crippen molar-refractivity contribution in [3.05, 3.63) is 29.0 Å². The van der Waals surface area contributed by atoms with Gasteiger partial charge >= 0.3 is 0 Å². The fourth-order valence-electron chi connectivity index (χ4n) is 2.27. The zero-order chi connectivity index (χ0) is 13.3. The van der Waals surface area contributed by atoms with Crippen molar-refractivity contribution in [2.75, 3.05) is 0 Å². The molecule has 1 aliphatic carbocycles. The van der Waals surface area contributed by atoms with Gasteiger partial charge in [-0.2, -0.15) is 5.26 Å². The first kappa shape index (κ1) is 13.3. The Hall–Kier alpha value is -1.12. The van der Waals surface area contributed by atoms with Crippen LogP contribution < -0.4 is 0 Å². The minimum Gasteiger partial charge on any atom is -0.223 e. The molecule has 0 aliphatic heterocycles. The van der Waals surface area contributed by atoms with Crippen LogP contribution in [0.4, 0.5) is 4.39 Å². The third-order valence-electron chi connectivity index (χ3n) is 3.24. The lowest BCUT2D eigenvalue weighted by Gasteiger charge is -2.14. The van der Waals surface area contributed by atoms with E-state index in [0.717, 1.165) is 18.6 Å². The lowest BCUT2D eigenvalue weighted by Crippen LogP contribution is -2.24. The highest BCUT2D eigenvalue weighted by molar-refractivity contribution is 7.92. The molecule has 0 aromatic heterocycles. The Morgan fingerprint density at radius 2 is 2.11 bits per heavy atom. The zero-order valence-electron chi connectivity index (χ0n) is 9.44. The van der Waals surface area contributed by atoms with Crippen molar-refractivity contribution in [1.82, 2.24) is 0 Å². The molecule has 18 heavy (non-hydrogen) atoms. The summed E-state index contributed by atoms with van der Waals surface area (Å²) in [6.45, 7) is 0. The largest absolute Gasteiger partial charge is 0.223 e. The van der Waals surface area contributed by atoms with Gasteiger partial charge in [0.05, 0.1) is 27.2 Å². The zero-order valence-corrected chi connectivity index (χ0v) is 11.0. The van der Waals surface area contributed by atoms with E-state index in [-0.39, 0.29) is 9.92 Å². The Morgan fingerprint density at radius 1 is 1.39 bits per heavy atom. The number of hydrogen-bond donors (Lipinski definition) is 0. The Labute approximate surface area is 110 Å². The summed E-state index contributed by atoms with van der Waals surface area (Å²) in [7, 11) is -3.61. The van der Waals surface area contributed by atoms with Crippen LogP contribution in [0.2, 0.25) is 5.02 Å². The van der Waals surface area contributed by atoms with E-state index in [2.05, 4.69) is 0 Å². The highest BCUT2D eigenvalue weighted by Crippen LogP contribution is 2.35. The van der Waals surface area contributed by atoms with Gasteiger partial charge < -0.3 is 0 Å². The first-order valence-corrected chi connectivity index (χ1v) is 7.48. The molecule has 0 radical (unpaired) electrons. The van der Waals surface area contributed by atoms with Crippen molar-refractivity contribution >= 4 is 21.4 Å². The van der Waals surface area contributed by atoms with E-state index in [1.54, 1.807) is 0 Å². The maximum absolute atomic E-state index is 13.0. The second kappa shape index (κ2) is 4.87. The number of nitriles is 1. The molecule has 0 N–H and O–H groups in total. The van der Waals surface area contributed by atoms with Gasteiger partial charge in [-0.05, 0) is 31.0 Å². The Kier molecular flexibility index (Phi) is 3.60. The van der Waals surface area contributed by atoms with Crippen molar-refractivity contribution in [3.8, 4) is 6.07 Å². The molecule has 2 unspecified atom stereocenters. The molecule has 0 bridgehead atoms. The Morgan fingerprint density at radius 3 is 2.72 bits per heavy atom. The van der Waals surface area contributed by atoms with Gasteiger partial charge in [-0.1, -0.05) is 18.0 Å². The Balaban J connectivity index is 2.42. The number of sulfone groups is 1. The quantitative estimate of drug-likeness (QED) is 0.786. The highest BCUT2D eigenvalue weighted by Gasteiger charge is 2.38. The van der Waals surface area contributed by atoms with Gasteiger partial charge in [-0.25, -0.2) is 12.8 Å². The minimum absolute atomic E-state index is 0.0129. The lowest BCUT2D eigenvalue weighted by atomic mass is 10.1. The van der Waals surface area contributed by atoms with Crippen molar-refractivity contribution in [2.45, 2.75) is 29.4 Å². The molecule has 0 spiro atoms. The number of nitrogens with zero attached hydrogens (tertiary/aromatic N) is 1. The predicted octanol–water partition coefficient (Wildman–Crippen LogP) is 2.95. The molecule has 0 amide bonds. The molecular formula is C12H11ClFNO2S. The van der Waals surface area contributed by atoms with Crippen molar-refractivity contribution in [1.29, 1.82) is 5.26 Å². The SMILES string of the molecule is N#CC1CCCC1S(=O)(=O)c1ccc(F)c(Cl)c1. The molecule has 2 rings (SSSR count). The molecule has 1 aromatic rings. The summed E-state index contributed by atoms with van der Waals surface area (Å²) >= 11 is 5.59. The monoisotopic (exact) mass is 287 g/mol. The topological polar surface area (TPSA) is 57.9 Å². The van der Waals surface area contributed by atoms with Crippen LogP contribution in [-0.2, 0) is 9.84 Å². The molecule has 96 valence electrons. The molecule has 2 atom stereocenters. The summed E-state index contributed by atoms with van der Waals surface area (Å²) < 4.78 is 37.7. The van der Waals surface area contributed by atoms with Gasteiger partial charge in [0.1, 0.15) is 5.82 Å². The van der Waals surface area contributed by atoms with Crippen LogP contribution in [0.15, 0.2) is 23.1 Å². The van der Waals surface area contributed by atoms with Crippen LogP contribution >= 0.6 is 11.6 Å². The third-order valence-corrected chi connectivity index (χ3v) is 5.80. The van der Waals surface area contributed by atoms with Gasteiger partial charge in [0.2, 0.25) is 0 Å². The van der Waals surface area contributed by atoms with Gasteiger partial charge in [0, 0.05) is 0 Å². The summed E-state index contributed by atoms with van der Waals surface area (Å²) in [5.74, 6) is -1.14.